The van der Waals surface area contributed by atoms with Gasteiger partial charge < -0.3 is 10.1 Å². The first-order valence-electron chi connectivity index (χ1n) is 7.06. The maximum atomic E-state index is 12.1. The van der Waals surface area contributed by atoms with Gasteiger partial charge in [-0.2, -0.15) is 0 Å². The number of nitrogens with one attached hydrogen (secondary N) is 1. The molecule has 2 aromatic heterocycles. The van der Waals surface area contributed by atoms with Crippen LogP contribution in [0.3, 0.4) is 0 Å². The Balaban J connectivity index is 1.59. The molecule has 1 N–H and O–H groups in total. The van der Waals surface area contributed by atoms with Gasteiger partial charge in [-0.05, 0) is 43.3 Å². The smallest absolute Gasteiger partial charge is 0.255 e. The largest absolute Gasteiger partial charge is 0.487 e. The van der Waals surface area contributed by atoms with Gasteiger partial charge in [-0.25, -0.2) is 4.98 Å². The molecule has 2 heterocycles. The number of carbonyl (C=O) groups is 1. The van der Waals surface area contributed by atoms with E-state index in [0.717, 1.165) is 10.7 Å². The Bertz CT molecular complexity index is 785. The average Bonchev–Trinajstić information content (AvgIpc) is 3.00. The van der Waals surface area contributed by atoms with E-state index in [0.29, 0.717) is 23.6 Å². The van der Waals surface area contributed by atoms with Crippen molar-refractivity contribution in [3.8, 4) is 5.75 Å². The summed E-state index contributed by atoms with van der Waals surface area (Å²) in [5.41, 5.74) is 2.19. The maximum Gasteiger partial charge on any atom is 0.255 e. The third-order valence-corrected chi connectivity index (χ3v) is 3.93. The van der Waals surface area contributed by atoms with Crippen molar-refractivity contribution < 1.29 is 9.53 Å². The number of hydrogen-bond acceptors (Lipinski definition) is 5. The summed E-state index contributed by atoms with van der Waals surface area (Å²) >= 11 is 1.60. The molecule has 0 saturated carbocycles. The van der Waals surface area contributed by atoms with Gasteiger partial charge in [-0.15, -0.1) is 11.3 Å². The third-order valence-electron chi connectivity index (χ3n) is 3.11. The highest BCUT2D eigenvalue weighted by molar-refractivity contribution is 7.09. The number of pyridine rings is 1. The number of carbonyl (C=O) groups excluding carboxylic acids is 1. The lowest BCUT2D eigenvalue weighted by Gasteiger charge is -2.07. The second-order valence-corrected chi connectivity index (χ2v) is 5.92. The molecule has 6 heteroatoms. The zero-order valence-electron chi connectivity index (χ0n) is 12.5. The minimum absolute atomic E-state index is 0.169. The van der Waals surface area contributed by atoms with Crippen LogP contribution in [0, 0.1) is 6.92 Å². The van der Waals surface area contributed by atoms with Crippen molar-refractivity contribution in [1.82, 2.24) is 9.97 Å². The molecule has 0 aliphatic carbocycles. The minimum Gasteiger partial charge on any atom is -0.487 e. The van der Waals surface area contributed by atoms with Crippen LogP contribution < -0.4 is 10.1 Å². The van der Waals surface area contributed by atoms with Crippen molar-refractivity contribution in [3.63, 3.8) is 0 Å². The highest BCUT2D eigenvalue weighted by Crippen LogP contribution is 2.16. The fraction of sp³-hybridized carbons (Fsp3) is 0.118. The summed E-state index contributed by atoms with van der Waals surface area (Å²) in [5, 5.41) is 5.81. The van der Waals surface area contributed by atoms with Crippen LogP contribution in [0.15, 0.2) is 54.2 Å². The molecule has 23 heavy (non-hydrogen) atoms. The molecule has 3 aromatic rings. The van der Waals surface area contributed by atoms with Crippen molar-refractivity contribution in [1.29, 1.82) is 0 Å². The summed E-state index contributed by atoms with van der Waals surface area (Å²) in [5.74, 6) is 0.536. The topological polar surface area (TPSA) is 64.1 Å². The van der Waals surface area contributed by atoms with E-state index < -0.39 is 0 Å². The molecule has 1 amide bonds. The standard InChI is InChI=1S/C17H15N3O2S/c1-12-19-15(11-23-12)10-22-16-4-2-13(3-5-16)17(21)20-14-6-8-18-9-7-14/h2-9,11H,10H2,1H3,(H,18,20,21). The van der Waals surface area contributed by atoms with Crippen LogP contribution in [0.4, 0.5) is 5.69 Å². The van der Waals surface area contributed by atoms with Crippen molar-refractivity contribution in [2.24, 2.45) is 0 Å². The number of rotatable bonds is 5. The van der Waals surface area contributed by atoms with E-state index in [-0.39, 0.29) is 5.91 Å². The van der Waals surface area contributed by atoms with E-state index >= 15 is 0 Å². The van der Waals surface area contributed by atoms with Crippen LogP contribution in [0.1, 0.15) is 21.1 Å². The zero-order valence-corrected chi connectivity index (χ0v) is 13.3. The Labute approximate surface area is 138 Å². The number of aromatic nitrogens is 2. The molecule has 0 radical (unpaired) electrons. The summed E-state index contributed by atoms with van der Waals surface area (Å²) in [6.07, 6.45) is 3.26. The molecule has 116 valence electrons. The van der Waals surface area contributed by atoms with Crippen LogP contribution in [0.25, 0.3) is 0 Å². The van der Waals surface area contributed by atoms with E-state index in [1.54, 1.807) is 60.1 Å². The molecule has 0 saturated heterocycles. The zero-order chi connectivity index (χ0) is 16.1. The van der Waals surface area contributed by atoms with Gasteiger partial charge in [0.15, 0.2) is 0 Å². The normalized spacial score (nSPS) is 10.3. The lowest BCUT2D eigenvalue weighted by molar-refractivity contribution is 0.102. The fourth-order valence-electron chi connectivity index (χ4n) is 1.97. The van der Waals surface area contributed by atoms with Gasteiger partial charge in [0.1, 0.15) is 12.4 Å². The second kappa shape index (κ2) is 7.02. The highest BCUT2D eigenvalue weighted by atomic mass is 32.1. The molecule has 1 aromatic carbocycles. The quantitative estimate of drug-likeness (QED) is 0.777. The highest BCUT2D eigenvalue weighted by Gasteiger charge is 2.06. The molecule has 0 bridgehead atoms. The van der Waals surface area contributed by atoms with E-state index in [9.17, 15) is 4.79 Å². The summed E-state index contributed by atoms with van der Waals surface area (Å²) in [6, 6.07) is 10.5. The van der Waals surface area contributed by atoms with Crippen LogP contribution in [-0.4, -0.2) is 15.9 Å². The summed E-state index contributed by atoms with van der Waals surface area (Å²) < 4.78 is 5.66. The summed E-state index contributed by atoms with van der Waals surface area (Å²) in [7, 11) is 0. The number of amides is 1. The molecule has 5 nitrogen and oxygen atoms in total. The van der Waals surface area contributed by atoms with Crippen LogP contribution >= 0.6 is 11.3 Å². The number of ether oxygens (including phenoxy) is 1. The number of anilines is 1. The molecule has 0 unspecified atom stereocenters. The average molecular weight is 325 g/mol. The first-order valence-corrected chi connectivity index (χ1v) is 7.94. The van der Waals surface area contributed by atoms with Gasteiger partial charge in [0.25, 0.3) is 5.91 Å². The van der Waals surface area contributed by atoms with Crippen molar-refractivity contribution in [2.75, 3.05) is 5.32 Å². The van der Waals surface area contributed by atoms with E-state index in [1.165, 1.54) is 0 Å². The molecular weight excluding hydrogens is 310 g/mol. The molecule has 0 atom stereocenters. The molecule has 3 rings (SSSR count). The van der Waals surface area contributed by atoms with E-state index in [4.69, 9.17) is 4.74 Å². The number of hydrogen-bond donors (Lipinski definition) is 1. The van der Waals surface area contributed by atoms with Crippen LogP contribution in [0.5, 0.6) is 5.75 Å². The Morgan fingerprint density at radius 3 is 2.57 bits per heavy atom. The predicted octanol–water partition coefficient (Wildman–Crippen LogP) is 3.68. The SMILES string of the molecule is Cc1nc(COc2ccc(C(=O)Nc3ccncc3)cc2)cs1. The lowest BCUT2D eigenvalue weighted by Crippen LogP contribution is -2.11. The Kier molecular flexibility index (Phi) is 4.63. The Morgan fingerprint density at radius 1 is 1.17 bits per heavy atom. The van der Waals surface area contributed by atoms with E-state index in [2.05, 4.69) is 15.3 Å². The van der Waals surface area contributed by atoms with Gasteiger partial charge in [-0.1, -0.05) is 0 Å². The van der Waals surface area contributed by atoms with Crippen molar-refractivity contribution in [3.05, 3.63) is 70.4 Å². The van der Waals surface area contributed by atoms with Crippen LogP contribution in [-0.2, 0) is 6.61 Å². The summed E-state index contributed by atoms with van der Waals surface area (Å²) in [6.45, 7) is 2.39. The van der Waals surface area contributed by atoms with Gasteiger partial charge >= 0.3 is 0 Å². The number of aryl methyl sites for hydroxylation is 1. The third kappa shape index (κ3) is 4.14. The lowest BCUT2D eigenvalue weighted by atomic mass is 10.2. The van der Waals surface area contributed by atoms with E-state index in [1.807, 2.05) is 12.3 Å². The number of benzene rings is 1. The van der Waals surface area contributed by atoms with Crippen molar-refractivity contribution >= 4 is 22.9 Å². The molecular formula is C17H15N3O2S. The minimum atomic E-state index is -0.169. The fourth-order valence-corrected chi connectivity index (χ4v) is 2.57. The monoisotopic (exact) mass is 325 g/mol. The Hall–Kier alpha value is -2.73. The second-order valence-electron chi connectivity index (χ2n) is 4.86. The van der Waals surface area contributed by atoms with Gasteiger partial charge in [0.05, 0.1) is 10.7 Å². The number of thiazole rings is 1. The van der Waals surface area contributed by atoms with Gasteiger partial charge in [-0.3, -0.25) is 9.78 Å². The molecule has 0 aliphatic rings. The number of nitrogens with zero attached hydrogens (tertiary/aromatic N) is 2. The van der Waals surface area contributed by atoms with Crippen molar-refractivity contribution in [2.45, 2.75) is 13.5 Å². The first-order chi connectivity index (χ1) is 11.2. The Morgan fingerprint density at radius 2 is 1.91 bits per heavy atom. The van der Waals surface area contributed by atoms with Gasteiger partial charge in [0, 0.05) is 29.0 Å². The van der Waals surface area contributed by atoms with Crippen LogP contribution in [0.2, 0.25) is 0 Å². The molecule has 0 aliphatic heterocycles. The molecule has 0 spiro atoms. The maximum absolute atomic E-state index is 12.1. The molecule has 0 fully saturated rings. The summed E-state index contributed by atoms with van der Waals surface area (Å²) in [4.78, 5) is 20.4. The predicted molar refractivity (Wildman–Crippen MR) is 89.8 cm³/mol. The first kappa shape index (κ1) is 15.2. The van der Waals surface area contributed by atoms with Gasteiger partial charge in [0.2, 0.25) is 0 Å².